The summed E-state index contributed by atoms with van der Waals surface area (Å²) in [6, 6.07) is 0.432. The van der Waals surface area contributed by atoms with Crippen molar-refractivity contribution >= 4 is 22.4 Å². The minimum atomic E-state index is -0.291. The number of nitrogens with zero attached hydrogens (tertiary/aromatic N) is 1. The van der Waals surface area contributed by atoms with Gasteiger partial charge in [0.1, 0.15) is 4.88 Å². The molecule has 1 heterocycles. The summed E-state index contributed by atoms with van der Waals surface area (Å²) >= 11 is 1.40. The van der Waals surface area contributed by atoms with Crippen LogP contribution in [0.5, 0.6) is 0 Å². The molecule has 2 aliphatic rings. The zero-order valence-electron chi connectivity index (χ0n) is 12.3. The number of aromatic nitrogens is 1. The molecule has 1 aromatic heterocycles. The van der Waals surface area contributed by atoms with Gasteiger partial charge in [-0.05, 0) is 50.9 Å². The Hall–Kier alpha value is -1.10. The highest BCUT2D eigenvalue weighted by atomic mass is 32.1. The SMILES string of the molecule is COC(=O)c1sc(NC(C)C2CC3CCC2C3)nc1C. The first kappa shape index (κ1) is 13.9. The molecule has 0 radical (unpaired) electrons. The van der Waals surface area contributed by atoms with Crippen molar-refractivity contribution in [1.29, 1.82) is 0 Å². The summed E-state index contributed by atoms with van der Waals surface area (Å²) in [5, 5.41) is 4.35. The van der Waals surface area contributed by atoms with Crippen molar-refractivity contribution in [3.8, 4) is 0 Å². The first-order chi connectivity index (χ1) is 9.58. The second kappa shape index (κ2) is 5.35. The van der Waals surface area contributed by atoms with E-state index in [-0.39, 0.29) is 5.97 Å². The molecule has 1 aromatic rings. The van der Waals surface area contributed by atoms with Crippen LogP contribution >= 0.6 is 11.3 Å². The summed E-state index contributed by atoms with van der Waals surface area (Å²) in [5.41, 5.74) is 0.754. The van der Waals surface area contributed by atoms with Crippen LogP contribution in [-0.2, 0) is 4.74 Å². The van der Waals surface area contributed by atoms with Crippen LogP contribution in [0.1, 0.15) is 48.0 Å². The highest BCUT2D eigenvalue weighted by Gasteiger charge is 2.41. The number of ether oxygens (including phenoxy) is 1. The average molecular weight is 294 g/mol. The van der Waals surface area contributed by atoms with Gasteiger partial charge in [-0.3, -0.25) is 0 Å². The van der Waals surface area contributed by atoms with E-state index < -0.39 is 0 Å². The smallest absolute Gasteiger partial charge is 0.350 e. The molecule has 3 rings (SSSR count). The summed E-state index contributed by atoms with van der Waals surface area (Å²) in [5.74, 6) is 2.32. The molecule has 4 unspecified atom stereocenters. The van der Waals surface area contributed by atoms with E-state index in [0.29, 0.717) is 10.9 Å². The molecule has 2 bridgehead atoms. The number of carbonyl (C=O) groups excluding carboxylic acids is 1. The Labute approximate surface area is 123 Å². The quantitative estimate of drug-likeness (QED) is 0.864. The van der Waals surface area contributed by atoms with Crippen LogP contribution in [0.4, 0.5) is 5.13 Å². The van der Waals surface area contributed by atoms with Crippen LogP contribution in [-0.4, -0.2) is 24.1 Å². The molecule has 20 heavy (non-hydrogen) atoms. The third-order valence-corrected chi connectivity index (χ3v) is 6.02. The van der Waals surface area contributed by atoms with Crippen molar-refractivity contribution in [2.75, 3.05) is 12.4 Å². The normalized spacial score (nSPS) is 29.4. The zero-order chi connectivity index (χ0) is 14.3. The first-order valence-electron chi connectivity index (χ1n) is 7.40. The van der Waals surface area contributed by atoms with E-state index in [1.165, 1.54) is 44.1 Å². The van der Waals surface area contributed by atoms with Crippen LogP contribution < -0.4 is 5.32 Å². The Morgan fingerprint density at radius 2 is 2.25 bits per heavy atom. The molecule has 0 spiro atoms. The number of esters is 1. The number of hydrogen-bond donors (Lipinski definition) is 1. The van der Waals surface area contributed by atoms with Crippen LogP contribution in [0.25, 0.3) is 0 Å². The summed E-state index contributed by atoms with van der Waals surface area (Å²) in [6.07, 6.45) is 5.59. The molecule has 0 amide bonds. The van der Waals surface area contributed by atoms with Crippen LogP contribution in [0, 0.1) is 24.7 Å². The fourth-order valence-electron chi connectivity index (χ4n) is 3.95. The zero-order valence-corrected chi connectivity index (χ0v) is 13.1. The topological polar surface area (TPSA) is 51.2 Å². The minimum absolute atomic E-state index is 0.291. The number of hydrogen-bond acceptors (Lipinski definition) is 5. The Balaban J connectivity index is 1.67. The van der Waals surface area contributed by atoms with Gasteiger partial charge in [0.15, 0.2) is 5.13 Å². The average Bonchev–Trinajstić information content (AvgIpc) is 3.13. The van der Waals surface area contributed by atoms with Crippen molar-refractivity contribution in [1.82, 2.24) is 4.98 Å². The molecule has 1 N–H and O–H groups in total. The van der Waals surface area contributed by atoms with E-state index in [1.54, 1.807) is 0 Å². The number of aryl methyl sites for hydroxylation is 1. The van der Waals surface area contributed by atoms with Crippen LogP contribution in [0.3, 0.4) is 0 Å². The maximum absolute atomic E-state index is 11.6. The molecular formula is C15H22N2O2S. The van der Waals surface area contributed by atoms with Crippen molar-refractivity contribution < 1.29 is 9.53 Å². The highest BCUT2D eigenvalue weighted by molar-refractivity contribution is 7.17. The van der Waals surface area contributed by atoms with E-state index in [2.05, 4.69) is 17.2 Å². The number of nitrogens with one attached hydrogen (secondary N) is 1. The molecule has 4 atom stereocenters. The molecular weight excluding hydrogens is 272 g/mol. The van der Waals surface area contributed by atoms with Crippen molar-refractivity contribution in [2.24, 2.45) is 17.8 Å². The predicted octanol–water partition coefficient (Wildman–Crippen LogP) is 3.47. The van der Waals surface area contributed by atoms with Gasteiger partial charge in [-0.15, -0.1) is 0 Å². The lowest BCUT2D eigenvalue weighted by molar-refractivity contribution is 0.0605. The summed E-state index contributed by atoms with van der Waals surface area (Å²) in [7, 11) is 1.41. The molecule has 2 saturated carbocycles. The Kier molecular flexibility index (Phi) is 3.71. The summed E-state index contributed by atoms with van der Waals surface area (Å²) in [4.78, 5) is 16.7. The van der Waals surface area contributed by atoms with Crippen molar-refractivity contribution in [3.63, 3.8) is 0 Å². The third-order valence-electron chi connectivity index (χ3n) is 4.95. The fraction of sp³-hybridized carbons (Fsp3) is 0.733. The molecule has 110 valence electrons. The van der Waals surface area contributed by atoms with E-state index in [0.717, 1.165) is 28.6 Å². The first-order valence-corrected chi connectivity index (χ1v) is 8.22. The van der Waals surface area contributed by atoms with Gasteiger partial charge in [0.25, 0.3) is 0 Å². The summed E-state index contributed by atoms with van der Waals surface area (Å²) in [6.45, 7) is 4.11. The highest BCUT2D eigenvalue weighted by Crippen LogP contribution is 2.49. The lowest BCUT2D eigenvalue weighted by Crippen LogP contribution is -2.29. The van der Waals surface area contributed by atoms with Crippen molar-refractivity contribution in [3.05, 3.63) is 10.6 Å². The van der Waals surface area contributed by atoms with Crippen molar-refractivity contribution in [2.45, 2.75) is 45.6 Å². The van der Waals surface area contributed by atoms with Gasteiger partial charge >= 0.3 is 5.97 Å². The van der Waals surface area contributed by atoms with E-state index in [9.17, 15) is 4.79 Å². The second-order valence-corrected chi connectivity index (χ2v) is 7.20. The van der Waals surface area contributed by atoms with Gasteiger partial charge in [-0.1, -0.05) is 17.8 Å². The Bertz CT molecular complexity index is 514. The predicted molar refractivity (Wildman–Crippen MR) is 80.2 cm³/mol. The number of rotatable bonds is 4. The molecule has 2 aliphatic carbocycles. The molecule has 0 aliphatic heterocycles. The third kappa shape index (κ3) is 2.43. The standard InChI is InChI=1S/C15H22N2O2S/c1-8(12-7-10-4-5-11(12)6-10)16-15-17-9(2)13(20-15)14(18)19-3/h8,10-12H,4-7H2,1-3H3,(H,16,17). The lowest BCUT2D eigenvalue weighted by atomic mass is 9.84. The number of fused-ring (bicyclic) bond motifs is 2. The molecule has 0 aromatic carbocycles. The van der Waals surface area contributed by atoms with Gasteiger partial charge in [0.05, 0.1) is 12.8 Å². The maximum atomic E-state index is 11.6. The van der Waals surface area contributed by atoms with Gasteiger partial charge in [-0.25, -0.2) is 9.78 Å². The number of carbonyl (C=O) groups is 1. The Morgan fingerprint density at radius 1 is 1.45 bits per heavy atom. The van der Waals surface area contributed by atoms with E-state index in [4.69, 9.17) is 4.74 Å². The maximum Gasteiger partial charge on any atom is 0.350 e. The fourth-order valence-corrected chi connectivity index (χ4v) is 4.93. The molecule has 2 fully saturated rings. The molecule has 0 saturated heterocycles. The second-order valence-electron chi connectivity index (χ2n) is 6.20. The largest absolute Gasteiger partial charge is 0.465 e. The minimum Gasteiger partial charge on any atom is -0.465 e. The Morgan fingerprint density at radius 3 is 2.85 bits per heavy atom. The monoisotopic (exact) mass is 294 g/mol. The number of anilines is 1. The molecule has 5 heteroatoms. The molecule has 4 nitrogen and oxygen atoms in total. The van der Waals surface area contributed by atoms with E-state index >= 15 is 0 Å². The number of thiazole rings is 1. The van der Waals surface area contributed by atoms with Gasteiger partial charge in [0.2, 0.25) is 0 Å². The van der Waals surface area contributed by atoms with E-state index in [1.807, 2.05) is 6.92 Å². The lowest BCUT2D eigenvalue weighted by Gasteiger charge is -2.28. The van der Waals surface area contributed by atoms with Gasteiger partial charge < -0.3 is 10.1 Å². The summed E-state index contributed by atoms with van der Waals surface area (Å²) < 4.78 is 4.78. The van der Waals surface area contributed by atoms with Crippen LogP contribution in [0.15, 0.2) is 0 Å². The van der Waals surface area contributed by atoms with Gasteiger partial charge in [-0.2, -0.15) is 0 Å². The van der Waals surface area contributed by atoms with Gasteiger partial charge in [0, 0.05) is 6.04 Å². The van der Waals surface area contributed by atoms with Crippen LogP contribution in [0.2, 0.25) is 0 Å². The number of methoxy groups -OCH3 is 1.